The van der Waals surface area contributed by atoms with Crippen LogP contribution in [0.15, 0.2) is 65.6 Å². The summed E-state index contributed by atoms with van der Waals surface area (Å²) < 4.78 is 78.5. The van der Waals surface area contributed by atoms with Crippen LogP contribution in [0.25, 0.3) is 11.1 Å². The molecule has 9 nitrogen and oxygen atoms in total. The molecule has 4 aromatic rings. The highest BCUT2D eigenvalue weighted by molar-refractivity contribution is 5.85. The van der Waals surface area contributed by atoms with E-state index in [1.54, 1.807) is 49.9 Å². The minimum atomic E-state index is -4.92. The molecule has 1 aliphatic heterocycles. The van der Waals surface area contributed by atoms with Gasteiger partial charge in [-0.25, -0.2) is 8.78 Å². The van der Waals surface area contributed by atoms with Crippen LogP contribution in [0.3, 0.4) is 0 Å². The Morgan fingerprint density at radius 3 is 2.35 bits per heavy atom. The second-order valence-corrected chi connectivity index (χ2v) is 13.5. The van der Waals surface area contributed by atoms with E-state index >= 15 is 4.39 Å². The number of aryl methyl sites for hydroxylation is 3. The van der Waals surface area contributed by atoms with Crippen molar-refractivity contribution in [2.24, 2.45) is 0 Å². The Morgan fingerprint density at radius 1 is 1.00 bits per heavy atom. The topological polar surface area (TPSA) is 121 Å². The molecule has 5 rings (SSSR count). The monoisotopic (exact) mass is 755 g/mol. The number of phenols is 1. The van der Waals surface area contributed by atoms with Gasteiger partial charge in [0, 0.05) is 43.0 Å². The molecule has 1 amide bonds. The number of carbonyl (C=O) groups is 2. The van der Waals surface area contributed by atoms with E-state index in [-0.39, 0.29) is 60.7 Å². The van der Waals surface area contributed by atoms with Gasteiger partial charge in [-0.3, -0.25) is 23.9 Å². The largest absolute Gasteiger partial charge is 0.507 e. The number of rotatable bonds is 13. The molecule has 54 heavy (non-hydrogen) atoms. The van der Waals surface area contributed by atoms with Gasteiger partial charge in [0.1, 0.15) is 23.8 Å². The number of nitrogens with zero attached hydrogens (tertiary/aromatic N) is 2. The minimum Gasteiger partial charge on any atom is -0.507 e. The first-order valence-corrected chi connectivity index (χ1v) is 17.5. The van der Waals surface area contributed by atoms with E-state index in [1.165, 1.54) is 31.2 Å². The molecule has 1 fully saturated rings. The Labute approximate surface area is 309 Å². The summed E-state index contributed by atoms with van der Waals surface area (Å²) in [5.41, 5.74) is -0.335. The highest BCUT2D eigenvalue weighted by Crippen LogP contribution is 2.37. The van der Waals surface area contributed by atoms with Gasteiger partial charge < -0.3 is 20.3 Å². The van der Waals surface area contributed by atoms with Gasteiger partial charge in [-0.05, 0) is 91.3 Å². The average molecular weight is 756 g/mol. The number of nitrogens with one attached hydrogen (secondary N) is 1. The number of pyridine rings is 1. The van der Waals surface area contributed by atoms with E-state index in [1.807, 2.05) is 0 Å². The van der Waals surface area contributed by atoms with Crippen molar-refractivity contribution in [2.45, 2.75) is 71.6 Å². The van der Waals surface area contributed by atoms with Crippen molar-refractivity contribution in [3.05, 3.63) is 121 Å². The van der Waals surface area contributed by atoms with Crippen LogP contribution in [0.5, 0.6) is 5.75 Å². The number of hydrogen-bond donors (Lipinski definition) is 3. The van der Waals surface area contributed by atoms with E-state index in [0.717, 1.165) is 10.8 Å². The van der Waals surface area contributed by atoms with Crippen molar-refractivity contribution in [1.82, 2.24) is 14.8 Å². The number of aromatic hydroxyl groups is 1. The smallest absolute Gasteiger partial charge is 0.416 e. The van der Waals surface area contributed by atoms with Crippen LogP contribution in [-0.4, -0.2) is 64.0 Å². The maximum absolute atomic E-state index is 16.1. The molecule has 0 saturated carbocycles. The zero-order valence-corrected chi connectivity index (χ0v) is 30.3. The van der Waals surface area contributed by atoms with E-state index in [2.05, 4.69) is 5.32 Å². The SMILES string of the molecule is CCOC(=O)C[C@H](NC(=O)C(c1cc(CO)ccc1C)n1cc(CCN2CC(F)C2)c(C(F)(F)F)cc1=O)c1cc(-c2c(C)cccc2O)cc(C)c1F. The van der Waals surface area contributed by atoms with Gasteiger partial charge in [0.05, 0.1) is 31.2 Å². The molecule has 0 radical (unpaired) electrons. The fraction of sp³-hybridized carbons (Fsp3) is 0.375. The first-order valence-electron chi connectivity index (χ1n) is 17.5. The molecule has 288 valence electrons. The lowest BCUT2D eigenvalue weighted by Gasteiger charge is -2.34. The number of carbonyl (C=O) groups excluding carboxylic acids is 2. The van der Waals surface area contributed by atoms with E-state index in [0.29, 0.717) is 33.9 Å². The number of esters is 1. The molecule has 0 bridgehead atoms. The first kappa shape index (κ1) is 40.1. The summed E-state index contributed by atoms with van der Waals surface area (Å²) in [6.07, 6.45) is -5.85. The van der Waals surface area contributed by atoms with E-state index in [9.17, 15) is 42.2 Å². The van der Waals surface area contributed by atoms with Crippen LogP contribution in [0.4, 0.5) is 22.0 Å². The Kier molecular flexibility index (Phi) is 12.3. The third-order valence-electron chi connectivity index (χ3n) is 9.62. The fourth-order valence-electron chi connectivity index (χ4n) is 6.82. The predicted octanol–water partition coefficient (Wildman–Crippen LogP) is 6.39. The molecule has 3 N–H and O–H groups in total. The lowest BCUT2D eigenvalue weighted by Crippen LogP contribution is -2.49. The van der Waals surface area contributed by atoms with Crippen molar-refractivity contribution in [3.63, 3.8) is 0 Å². The molecular formula is C40H42F5N3O6. The number of aliphatic hydroxyl groups is 1. The molecule has 3 aromatic carbocycles. The lowest BCUT2D eigenvalue weighted by atomic mass is 9.91. The molecule has 1 aliphatic rings. The lowest BCUT2D eigenvalue weighted by molar-refractivity contribution is -0.144. The van der Waals surface area contributed by atoms with Crippen molar-refractivity contribution >= 4 is 11.9 Å². The van der Waals surface area contributed by atoms with Gasteiger partial charge in [-0.15, -0.1) is 0 Å². The number of likely N-dealkylation sites (tertiary alicyclic amines) is 1. The van der Waals surface area contributed by atoms with Gasteiger partial charge in [0.25, 0.3) is 5.56 Å². The number of halogens is 5. The summed E-state index contributed by atoms with van der Waals surface area (Å²) in [6.45, 7) is 6.09. The molecule has 0 aliphatic carbocycles. The van der Waals surface area contributed by atoms with Crippen LogP contribution in [0.1, 0.15) is 69.9 Å². The van der Waals surface area contributed by atoms with Crippen molar-refractivity contribution < 1.29 is 46.5 Å². The fourth-order valence-corrected chi connectivity index (χ4v) is 6.82. The standard InChI is InChI=1S/C40H42F5N3O6/c1-5-54-35(52)17-32(30-15-27(13-24(4)37(30)42)36-23(3)7-6-8-33(36)50)46-39(53)38(29-14-25(21-49)10-9-22(29)2)48-18-26(11-12-47-19-28(41)20-47)31(16-34(48)51)40(43,44)45/h6-10,13-16,18,28,32,38,49-50H,5,11-12,17,19-21H2,1-4H3,(H,46,53)/t32-,38?/m0/s1. The zero-order valence-electron chi connectivity index (χ0n) is 30.3. The summed E-state index contributed by atoms with van der Waals surface area (Å²) >= 11 is 0. The van der Waals surface area contributed by atoms with Gasteiger partial charge in [-0.2, -0.15) is 13.2 Å². The van der Waals surface area contributed by atoms with Gasteiger partial charge in [-0.1, -0.05) is 30.3 Å². The number of benzene rings is 3. The normalized spacial score (nSPS) is 14.7. The summed E-state index contributed by atoms with van der Waals surface area (Å²) in [5, 5.41) is 23.4. The summed E-state index contributed by atoms with van der Waals surface area (Å²) in [4.78, 5) is 42.9. The van der Waals surface area contributed by atoms with Gasteiger partial charge in [0.15, 0.2) is 0 Å². The van der Waals surface area contributed by atoms with Gasteiger partial charge >= 0.3 is 12.1 Å². The van der Waals surface area contributed by atoms with Crippen molar-refractivity contribution in [2.75, 3.05) is 26.2 Å². The van der Waals surface area contributed by atoms with E-state index in [4.69, 9.17) is 4.74 Å². The van der Waals surface area contributed by atoms with Crippen LogP contribution < -0.4 is 10.9 Å². The third-order valence-corrected chi connectivity index (χ3v) is 9.62. The van der Waals surface area contributed by atoms with Crippen LogP contribution >= 0.6 is 0 Å². The molecule has 14 heteroatoms. The van der Waals surface area contributed by atoms with E-state index < -0.39 is 66.3 Å². The maximum atomic E-state index is 16.1. The molecule has 1 unspecified atom stereocenters. The molecule has 1 saturated heterocycles. The zero-order chi connectivity index (χ0) is 39.5. The highest BCUT2D eigenvalue weighted by atomic mass is 19.4. The van der Waals surface area contributed by atoms with Crippen molar-refractivity contribution in [1.29, 1.82) is 0 Å². The number of phenolic OH excluding ortho intramolecular Hbond substituents is 1. The Bertz CT molecular complexity index is 2070. The van der Waals surface area contributed by atoms with Gasteiger partial charge in [0.2, 0.25) is 5.91 Å². The average Bonchev–Trinajstić information content (AvgIpc) is 3.08. The number of hydrogen-bond acceptors (Lipinski definition) is 7. The van der Waals surface area contributed by atoms with Crippen LogP contribution in [-0.2, 0) is 33.5 Å². The third kappa shape index (κ3) is 8.82. The molecule has 0 spiro atoms. The molecular weight excluding hydrogens is 713 g/mol. The second kappa shape index (κ2) is 16.5. The predicted molar refractivity (Wildman–Crippen MR) is 191 cm³/mol. The molecule has 2 atom stereocenters. The van der Waals surface area contributed by atoms with Crippen LogP contribution in [0, 0.1) is 26.6 Å². The number of aliphatic hydroxyl groups excluding tert-OH is 1. The maximum Gasteiger partial charge on any atom is 0.416 e. The second-order valence-electron chi connectivity index (χ2n) is 13.5. The Morgan fingerprint density at radius 2 is 1.72 bits per heavy atom. The highest BCUT2D eigenvalue weighted by Gasteiger charge is 2.37. The summed E-state index contributed by atoms with van der Waals surface area (Å²) in [5.74, 6) is -2.63. The summed E-state index contributed by atoms with van der Waals surface area (Å²) in [6, 6.07) is 9.66. The number of alkyl halides is 4. The number of aromatic nitrogens is 1. The number of ether oxygens (including phenoxy) is 1. The Balaban J connectivity index is 1.67. The minimum absolute atomic E-state index is 0.0267. The Hall–Kier alpha value is -5.08. The number of amides is 1. The first-order chi connectivity index (χ1) is 25.5. The molecule has 2 heterocycles. The summed E-state index contributed by atoms with van der Waals surface area (Å²) in [7, 11) is 0. The quantitative estimate of drug-likeness (QED) is 0.107. The van der Waals surface area contributed by atoms with Crippen molar-refractivity contribution in [3.8, 4) is 16.9 Å². The van der Waals surface area contributed by atoms with Crippen LogP contribution in [0.2, 0.25) is 0 Å². The molecule has 1 aromatic heterocycles.